The Balaban J connectivity index is 1.92. The van der Waals surface area contributed by atoms with Crippen molar-refractivity contribution in [2.45, 2.75) is 12.3 Å². The van der Waals surface area contributed by atoms with Gasteiger partial charge in [-0.3, -0.25) is 4.79 Å². The highest BCUT2D eigenvalue weighted by molar-refractivity contribution is 7.15. The van der Waals surface area contributed by atoms with E-state index >= 15 is 0 Å². The van der Waals surface area contributed by atoms with Gasteiger partial charge in [0.15, 0.2) is 0 Å². The zero-order chi connectivity index (χ0) is 19.1. The van der Waals surface area contributed by atoms with E-state index in [1.165, 1.54) is 11.3 Å². The first-order valence-electron chi connectivity index (χ1n) is 8.15. The van der Waals surface area contributed by atoms with Gasteiger partial charge in [0.2, 0.25) is 5.91 Å². The van der Waals surface area contributed by atoms with Gasteiger partial charge in [0, 0.05) is 32.8 Å². The van der Waals surface area contributed by atoms with Crippen LogP contribution in [0.3, 0.4) is 0 Å². The van der Waals surface area contributed by atoms with Crippen molar-refractivity contribution in [3.8, 4) is 11.1 Å². The molecule has 1 aliphatic heterocycles. The molecule has 4 nitrogen and oxygen atoms in total. The predicted octanol–water partition coefficient (Wildman–Crippen LogP) is 5.89. The normalized spacial score (nSPS) is 15.9. The van der Waals surface area contributed by atoms with Gasteiger partial charge in [-0.15, -0.1) is 11.3 Å². The molecular weight excluding hydrogens is 405 g/mol. The van der Waals surface area contributed by atoms with Crippen molar-refractivity contribution in [1.29, 1.82) is 0 Å². The lowest BCUT2D eigenvalue weighted by Gasteiger charge is -2.24. The van der Waals surface area contributed by atoms with E-state index in [0.717, 1.165) is 10.4 Å². The molecule has 0 radical (unpaired) electrons. The van der Waals surface area contributed by atoms with E-state index < -0.39 is 5.97 Å². The number of carbonyl (C=O) groups is 2. The maximum atomic E-state index is 12.4. The molecule has 1 aromatic heterocycles. The topological polar surface area (TPSA) is 66.4 Å². The van der Waals surface area contributed by atoms with Gasteiger partial charge in [-0.2, -0.15) is 0 Å². The quantitative estimate of drug-likeness (QED) is 0.557. The lowest BCUT2D eigenvalue weighted by atomic mass is 9.89. The summed E-state index contributed by atoms with van der Waals surface area (Å²) in [6.45, 7) is 0. The van der Waals surface area contributed by atoms with Crippen molar-refractivity contribution in [1.82, 2.24) is 0 Å². The SMILES string of the molecule is O=C1C[C@@H](c2ccc(Cl)cc2)c2sc(C(=O)O)c(-c3ccc(Cl)cc3)c2N1. The molecule has 7 heteroatoms. The van der Waals surface area contributed by atoms with Crippen LogP contribution in [0.15, 0.2) is 48.5 Å². The number of carboxylic acid groups (broad SMARTS) is 1. The Morgan fingerprint density at radius 2 is 1.63 bits per heavy atom. The standard InChI is InChI=1S/C20H13Cl2NO3S/c21-12-5-1-10(2-6-12)14-9-15(24)23-17-16(11-3-7-13(22)8-4-11)19(20(25)26)27-18(14)17/h1-8,14H,9H2,(H,23,24)(H,25,26)/t14-/m0/s1. The van der Waals surface area contributed by atoms with Crippen molar-refractivity contribution in [3.63, 3.8) is 0 Å². The van der Waals surface area contributed by atoms with Crippen LogP contribution < -0.4 is 5.32 Å². The van der Waals surface area contributed by atoms with Gasteiger partial charge in [-0.1, -0.05) is 47.5 Å². The minimum atomic E-state index is -1.02. The number of hydrogen-bond acceptors (Lipinski definition) is 3. The fraction of sp³-hybridized carbons (Fsp3) is 0.100. The molecule has 27 heavy (non-hydrogen) atoms. The third kappa shape index (κ3) is 3.34. The van der Waals surface area contributed by atoms with E-state index in [2.05, 4.69) is 5.32 Å². The first-order valence-corrected chi connectivity index (χ1v) is 9.72. The van der Waals surface area contributed by atoms with Gasteiger partial charge >= 0.3 is 5.97 Å². The Labute approximate surface area is 169 Å². The monoisotopic (exact) mass is 417 g/mol. The molecule has 0 saturated heterocycles. The largest absolute Gasteiger partial charge is 0.477 e. The molecule has 0 aliphatic carbocycles. The number of carboxylic acids is 1. The van der Waals surface area contributed by atoms with Crippen LogP contribution in [0.5, 0.6) is 0 Å². The fourth-order valence-electron chi connectivity index (χ4n) is 3.29. The molecule has 2 heterocycles. The summed E-state index contributed by atoms with van der Waals surface area (Å²) < 4.78 is 0. The molecule has 0 saturated carbocycles. The van der Waals surface area contributed by atoms with Crippen molar-refractivity contribution in [3.05, 3.63) is 73.9 Å². The van der Waals surface area contributed by atoms with E-state index in [1.807, 2.05) is 12.1 Å². The predicted molar refractivity (Wildman–Crippen MR) is 108 cm³/mol. The number of rotatable bonds is 3. The van der Waals surface area contributed by atoms with Crippen LogP contribution >= 0.6 is 34.5 Å². The van der Waals surface area contributed by atoms with Crippen molar-refractivity contribution < 1.29 is 14.7 Å². The first-order chi connectivity index (χ1) is 12.9. The number of aromatic carboxylic acids is 1. The third-order valence-electron chi connectivity index (χ3n) is 4.51. The highest BCUT2D eigenvalue weighted by Crippen LogP contribution is 2.49. The van der Waals surface area contributed by atoms with Crippen LogP contribution in [0.1, 0.15) is 32.5 Å². The van der Waals surface area contributed by atoms with Crippen LogP contribution in [0.4, 0.5) is 5.69 Å². The third-order valence-corrected chi connectivity index (χ3v) is 6.30. The second-order valence-electron chi connectivity index (χ2n) is 6.21. The Morgan fingerprint density at radius 3 is 2.22 bits per heavy atom. The van der Waals surface area contributed by atoms with Crippen LogP contribution in [0.2, 0.25) is 10.0 Å². The average Bonchev–Trinajstić information content (AvgIpc) is 3.02. The van der Waals surface area contributed by atoms with E-state index in [4.69, 9.17) is 23.2 Å². The van der Waals surface area contributed by atoms with Crippen molar-refractivity contribution >= 4 is 52.1 Å². The minimum absolute atomic E-state index is 0.146. The molecule has 0 bridgehead atoms. The molecule has 1 aliphatic rings. The maximum absolute atomic E-state index is 12.4. The van der Waals surface area contributed by atoms with E-state index in [-0.39, 0.29) is 23.1 Å². The van der Waals surface area contributed by atoms with Crippen LogP contribution in [0.25, 0.3) is 11.1 Å². The molecule has 0 unspecified atom stereocenters. The number of halogens is 2. The number of hydrogen-bond donors (Lipinski definition) is 2. The van der Waals surface area contributed by atoms with E-state index in [9.17, 15) is 14.7 Å². The zero-order valence-electron chi connectivity index (χ0n) is 13.8. The summed E-state index contributed by atoms with van der Waals surface area (Å²) in [5.74, 6) is -1.38. The van der Waals surface area contributed by atoms with Gasteiger partial charge < -0.3 is 10.4 Å². The Kier molecular flexibility index (Phi) is 4.68. The van der Waals surface area contributed by atoms with Gasteiger partial charge in [0.05, 0.1) is 5.69 Å². The van der Waals surface area contributed by atoms with Gasteiger partial charge in [0.25, 0.3) is 0 Å². The van der Waals surface area contributed by atoms with Gasteiger partial charge in [0.1, 0.15) is 4.88 Å². The van der Waals surface area contributed by atoms with Crippen molar-refractivity contribution in [2.75, 3.05) is 5.32 Å². The summed E-state index contributed by atoms with van der Waals surface area (Å²) in [7, 11) is 0. The van der Waals surface area contributed by atoms with Gasteiger partial charge in [-0.25, -0.2) is 4.79 Å². The lowest BCUT2D eigenvalue weighted by Crippen LogP contribution is -2.22. The number of anilines is 1. The molecule has 3 aromatic rings. The molecule has 136 valence electrons. The number of fused-ring (bicyclic) bond motifs is 1. The molecule has 4 rings (SSSR count). The summed E-state index contributed by atoms with van der Waals surface area (Å²) in [5.41, 5.74) is 2.71. The lowest BCUT2D eigenvalue weighted by molar-refractivity contribution is -0.116. The Bertz CT molecular complexity index is 1040. The first kappa shape index (κ1) is 18.0. The molecule has 0 spiro atoms. The summed E-state index contributed by atoms with van der Waals surface area (Å²) in [6.07, 6.45) is 0.258. The van der Waals surface area contributed by atoms with Crippen LogP contribution in [-0.2, 0) is 4.79 Å². The minimum Gasteiger partial charge on any atom is -0.477 e. The van der Waals surface area contributed by atoms with Gasteiger partial charge in [-0.05, 0) is 35.4 Å². The fourth-order valence-corrected chi connectivity index (χ4v) is 4.79. The van der Waals surface area contributed by atoms with Crippen LogP contribution in [-0.4, -0.2) is 17.0 Å². The molecule has 1 atom stereocenters. The summed E-state index contributed by atoms with van der Waals surface area (Å²) in [5, 5.41) is 13.8. The summed E-state index contributed by atoms with van der Waals surface area (Å²) in [4.78, 5) is 25.3. The number of thiophene rings is 1. The number of nitrogens with one attached hydrogen (secondary N) is 1. The van der Waals surface area contributed by atoms with Crippen LogP contribution in [0, 0.1) is 0 Å². The molecule has 0 fully saturated rings. The molecular formula is C20H13Cl2NO3S. The second-order valence-corrected chi connectivity index (χ2v) is 8.14. The number of carbonyl (C=O) groups excluding carboxylic acids is 1. The average molecular weight is 418 g/mol. The number of benzene rings is 2. The molecule has 2 aromatic carbocycles. The molecule has 1 amide bonds. The Morgan fingerprint density at radius 1 is 1.04 bits per heavy atom. The highest BCUT2D eigenvalue weighted by Gasteiger charge is 2.34. The summed E-state index contributed by atoms with van der Waals surface area (Å²) >= 11 is 13.1. The highest BCUT2D eigenvalue weighted by atomic mass is 35.5. The van der Waals surface area contributed by atoms with E-state index in [0.29, 0.717) is 26.9 Å². The van der Waals surface area contributed by atoms with Crippen molar-refractivity contribution in [2.24, 2.45) is 0 Å². The maximum Gasteiger partial charge on any atom is 0.346 e. The summed E-state index contributed by atoms with van der Waals surface area (Å²) in [6, 6.07) is 14.2. The Hall–Kier alpha value is -2.34. The zero-order valence-corrected chi connectivity index (χ0v) is 16.2. The second kappa shape index (κ2) is 7.00. The molecule has 2 N–H and O–H groups in total. The number of amides is 1. The van der Waals surface area contributed by atoms with E-state index in [1.54, 1.807) is 36.4 Å². The smallest absolute Gasteiger partial charge is 0.346 e.